The maximum absolute atomic E-state index is 13.1. The molecule has 3 rings (SSSR count). The highest BCUT2D eigenvalue weighted by atomic mass is 32.2. The number of hydrogen-bond donors (Lipinski definition) is 2. The molecule has 0 aliphatic carbocycles. The van der Waals surface area contributed by atoms with Crippen molar-refractivity contribution in [3.05, 3.63) is 33.7 Å². The van der Waals surface area contributed by atoms with Gasteiger partial charge in [-0.3, -0.25) is 14.9 Å². The van der Waals surface area contributed by atoms with Crippen LogP contribution in [0.25, 0.3) is 0 Å². The average Bonchev–Trinajstić information content (AvgIpc) is 3.54. The third-order valence-corrected chi connectivity index (χ3v) is 8.73. The number of thioether (sulfide) groups is 1. The number of benzene rings is 1. The van der Waals surface area contributed by atoms with Gasteiger partial charge in [0.05, 0.1) is 45.4 Å². The molecule has 2 N–H and O–H groups in total. The van der Waals surface area contributed by atoms with Crippen molar-refractivity contribution in [1.29, 1.82) is 0 Å². The number of carbonyl (C=O) groups is 4. The molecule has 0 spiro atoms. The van der Waals surface area contributed by atoms with Gasteiger partial charge in [0.1, 0.15) is 9.88 Å². The molecule has 1 aromatic carbocycles. The molecule has 0 bridgehead atoms. The van der Waals surface area contributed by atoms with E-state index in [0.717, 1.165) is 34.4 Å². The number of carbonyl (C=O) groups excluding carboxylic acids is 4. The Hall–Kier alpha value is -3.89. The molecular weight excluding hydrogens is 609 g/mol. The fourth-order valence-corrected chi connectivity index (χ4v) is 6.53. The molecule has 0 saturated heterocycles. The number of hydrogen-bond acceptors (Lipinski definition) is 14. The Morgan fingerprint density at radius 1 is 0.905 bits per heavy atom. The molecule has 0 fully saturated rings. The third-order valence-electron chi connectivity index (χ3n) is 5.52. The second-order valence-corrected chi connectivity index (χ2v) is 11.8. The van der Waals surface area contributed by atoms with Gasteiger partial charge in [-0.15, -0.1) is 21.5 Å². The lowest BCUT2D eigenvalue weighted by Crippen LogP contribution is -2.23. The Bertz CT molecular complexity index is 1450. The van der Waals surface area contributed by atoms with E-state index < -0.39 is 29.0 Å². The number of nitrogens with zero attached hydrogens (tertiary/aromatic N) is 2. The number of aromatic nitrogens is 2. The van der Waals surface area contributed by atoms with E-state index in [0.29, 0.717) is 27.2 Å². The Morgan fingerprint density at radius 3 is 2.10 bits per heavy atom. The van der Waals surface area contributed by atoms with Crippen LogP contribution in [-0.4, -0.2) is 73.7 Å². The van der Waals surface area contributed by atoms with E-state index in [-0.39, 0.29) is 39.4 Å². The van der Waals surface area contributed by atoms with Gasteiger partial charge in [-0.05, 0) is 45.4 Å². The minimum absolute atomic E-state index is 0.100. The van der Waals surface area contributed by atoms with Crippen molar-refractivity contribution in [1.82, 2.24) is 10.2 Å². The van der Waals surface area contributed by atoms with Crippen LogP contribution in [0.15, 0.2) is 16.5 Å². The molecule has 1 unspecified atom stereocenters. The van der Waals surface area contributed by atoms with Gasteiger partial charge in [0.25, 0.3) is 5.91 Å². The van der Waals surface area contributed by atoms with Gasteiger partial charge in [-0.2, -0.15) is 0 Å². The molecule has 0 radical (unpaired) electrons. The molecular formula is C26H30N4O9S3. The van der Waals surface area contributed by atoms with Crippen LogP contribution in [0.2, 0.25) is 0 Å². The zero-order valence-corrected chi connectivity index (χ0v) is 26.4. The van der Waals surface area contributed by atoms with E-state index in [1.165, 1.54) is 33.5 Å². The SMILES string of the molecule is CCOC(=O)c1sc(NC(=O)C(C)Sc2nnc(NC(=O)c3cc(OC)c(OC)c(OC)c3)s2)c(C(=O)OCC)c1C. The molecule has 42 heavy (non-hydrogen) atoms. The maximum Gasteiger partial charge on any atom is 0.348 e. The molecule has 226 valence electrons. The number of nitrogens with one attached hydrogen (secondary N) is 2. The first-order chi connectivity index (χ1) is 20.1. The van der Waals surface area contributed by atoms with Crippen molar-refractivity contribution in [2.24, 2.45) is 0 Å². The standard InChI is InChI=1S/C26H30N4O9S3/c1-8-38-23(33)17-12(3)19(24(34)39-9-2)41-22(17)27-20(31)13(4)40-26-30-29-25(42-26)28-21(32)14-10-15(35-5)18(37-7)16(11-14)36-6/h10-11,13H,8-9H2,1-7H3,(H,27,31)(H,28,29,32). The first-order valence-corrected chi connectivity index (χ1v) is 15.0. The lowest BCUT2D eigenvalue weighted by atomic mass is 10.1. The lowest BCUT2D eigenvalue weighted by Gasteiger charge is -2.13. The highest BCUT2D eigenvalue weighted by molar-refractivity contribution is 8.02. The van der Waals surface area contributed by atoms with Crippen molar-refractivity contribution in [2.75, 3.05) is 45.2 Å². The van der Waals surface area contributed by atoms with Crippen molar-refractivity contribution < 1.29 is 42.9 Å². The van der Waals surface area contributed by atoms with Gasteiger partial charge in [-0.25, -0.2) is 9.59 Å². The number of amides is 2. The maximum atomic E-state index is 13.1. The van der Waals surface area contributed by atoms with Gasteiger partial charge in [0.2, 0.25) is 16.8 Å². The Kier molecular flexibility index (Phi) is 11.5. The van der Waals surface area contributed by atoms with Crippen molar-refractivity contribution in [3.63, 3.8) is 0 Å². The monoisotopic (exact) mass is 638 g/mol. The van der Waals surface area contributed by atoms with Crippen LogP contribution >= 0.6 is 34.4 Å². The van der Waals surface area contributed by atoms with E-state index in [1.807, 2.05) is 0 Å². The number of thiophene rings is 1. The van der Waals surface area contributed by atoms with E-state index in [1.54, 1.807) is 27.7 Å². The summed E-state index contributed by atoms with van der Waals surface area (Å²) < 4.78 is 26.5. The minimum atomic E-state index is -0.680. The van der Waals surface area contributed by atoms with Crippen LogP contribution in [0.4, 0.5) is 10.1 Å². The van der Waals surface area contributed by atoms with E-state index in [4.69, 9.17) is 23.7 Å². The minimum Gasteiger partial charge on any atom is -0.493 e. The van der Waals surface area contributed by atoms with Gasteiger partial charge in [0, 0.05) is 5.56 Å². The summed E-state index contributed by atoms with van der Waals surface area (Å²) in [6.45, 7) is 6.86. The summed E-state index contributed by atoms with van der Waals surface area (Å²) >= 11 is 3.12. The van der Waals surface area contributed by atoms with E-state index >= 15 is 0 Å². The molecule has 2 amide bonds. The van der Waals surface area contributed by atoms with Gasteiger partial charge in [0.15, 0.2) is 15.8 Å². The average molecular weight is 639 g/mol. The largest absolute Gasteiger partial charge is 0.493 e. The topological polar surface area (TPSA) is 164 Å². The summed E-state index contributed by atoms with van der Waals surface area (Å²) in [5, 5.41) is 13.2. The number of rotatable bonds is 13. The number of anilines is 2. The summed E-state index contributed by atoms with van der Waals surface area (Å²) in [5.41, 5.74) is 0.708. The quantitative estimate of drug-likeness (QED) is 0.151. The predicted molar refractivity (Wildman–Crippen MR) is 159 cm³/mol. The van der Waals surface area contributed by atoms with E-state index in [2.05, 4.69) is 20.8 Å². The van der Waals surface area contributed by atoms with Gasteiger partial charge < -0.3 is 29.0 Å². The summed E-state index contributed by atoms with van der Waals surface area (Å²) in [4.78, 5) is 51.2. The second-order valence-electron chi connectivity index (χ2n) is 8.19. The van der Waals surface area contributed by atoms with Crippen molar-refractivity contribution >= 4 is 68.3 Å². The molecule has 1 atom stereocenters. The number of esters is 2. The van der Waals surface area contributed by atoms with Gasteiger partial charge >= 0.3 is 11.9 Å². The van der Waals surface area contributed by atoms with Crippen LogP contribution in [0.3, 0.4) is 0 Å². The third kappa shape index (κ3) is 7.49. The predicted octanol–water partition coefficient (Wildman–Crippen LogP) is 4.66. The molecule has 0 saturated carbocycles. The Labute approximate surface area is 254 Å². The molecule has 0 aliphatic heterocycles. The number of ether oxygens (including phenoxy) is 5. The fourth-order valence-electron chi connectivity index (χ4n) is 3.55. The van der Waals surface area contributed by atoms with E-state index in [9.17, 15) is 19.2 Å². The highest BCUT2D eigenvalue weighted by Crippen LogP contribution is 2.39. The van der Waals surface area contributed by atoms with Crippen LogP contribution in [0.5, 0.6) is 17.2 Å². The Morgan fingerprint density at radius 2 is 1.52 bits per heavy atom. The molecule has 13 nitrogen and oxygen atoms in total. The first kappa shape index (κ1) is 32.6. The number of methoxy groups -OCH3 is 3. The first-order valence-electron chi connectivity index (χ1n) is 12.5. The molecule has 16 heteroatoms. The zero-order chi connectivity index (χ0) is 31.0. The molecule has 3 aromatic rings. The smallest absolute Gasteiger partial charge is 0.348 e. The summed E-state index contributed by atoms with van der Waals surface area (Å²) in [6, 6.07) is 3.01. The molecule has 2 heterocycles. The Balaban J connectivity index is 1.72. The normalized spacial score (nSPS) is 11.3. The zero-order valence-electron chi connectivity index (χ0n) is 23.9. The van der Waals surface area contributed by atoms with Crippen LogP contribution in [0.1, 0.15) is 56.7 Å². The molecule has 2 aromatic heterocycles. The van der Waals surface area contributed by atoms with Crippen molar-refractivity contribution in [2.45, 2.75) is 37.3 Å². The van der Waals surface area contributed by atoms with Crippen LogP contribution in [0, 0.1) is 6.92 Å². The van der Waals surface area contributed by atoms with Gasteiger partial charge in [-0.1, -0.05) is 23.1 Å². The second kappa shape index (κ2) is 14.8. The fraction of sp³-hybridized carbons (Fsp3) is 0.385. The highest BCUT2D eigenvalue weighted by Gasteiger charge is 2.29. The summed E-state index contributed by atoms with van der Waals surface area (Å²) in [6.07, 6.45) is 0. The summed E-state index contributed by atoms with van der Waals surface area (Å²) in [5.74, 6) is -1.20. The van der Waals surface area contributed by atoms with Crippen molar-refractivity contribution in [3.8, 4) is 17.2 Å². The lowest BCUT2D eigenvalue weighted by molar-refractivity contribution is -0.115. The molecule has 0 aliphatic rings. The van der Waals surface area contributed by atoms with Crippen LogP contribution < -0.4 is 24.8 Å². The van der Waals surface area contributed by atoms with Crippen LogP contribution in [-0.2, 0) is 14.3 Å². The summed E-state index contributed by atoms with van der Waals surface area (Å²) in [7, 11) is 4.35.